The van der Waals surface area contributed by atoms with Gasteiger partial charge in [-0.2, -0.15) is 0 Å². The van der Waals surface area contributed by atoms with Crippen molar-refractivity contribution < 1.29 is 28.7 Å². The van der Waals surface area contributed by atoms with E-state index in [-0.39, 0.29) is 34.4 Å². The second-order valence-corrected chi connectivity index (χ2v) is 9.95. The number of urea groups is 1. The number of hydrogen-bond acceptors (Lipinski definition) is 6. The van der Waals surface area contributed by atoms with Crippen LogP contribution in [0.5, 0.6) is 11.5 Å². The molecule has 2 N–H and O–H groups in total. The van der Waals surface area contributed by atoms with Crippen LogP contribution in [0, 0.1) is 13.8 Å². The number of nitrogens with zero attached hydrogens (tertiary/aromatic N) is 1. The summed E-state index contributed by atoms with van der Waals surface area (Å²) in [6, 6.07) is 11.7. The number of methoxy groups -OCH3 is 1. The van der Waals surface area contributed by atoms with E-state index in [0.29, 0.717) is 21.3 Å². The molecule has 206 valence electrons. The van der Waals surface area contributed by atoms with Crippen molar-refractivity contribution in [2.75, 3.05) is 23.9 Å². The smallest absolute Gasteiger partial charge is 0.335 e. The van der Waals surface area contributed by atoms with Crippen molar-refractivity contribution in [3.05, 3.63) is 85.9 Å². The molecule has 1 aliphatic heterocycles. The number of carbonyl (C=O) groups is 4. The Bertz CT molecular complexity index is 1590. The molecule has 5 amide bonds. The fourth-order valence-corrected chi connectivity index (χ4v) is 4.38. The van der Waals surface area contributed by atoms with Crippen molar-refractivity contribution in [1.82, 2.24) is 5.32 Å². The third kappa shape index (κ3) is 6.22. The monoisotopic (exact) mass is 601 g/mol. The van der Waals surface area contributed by atoms with Gasteiger partial charge in [-0.3, -0.25) is 19.7 Å². The minimum absolute atomic E-state index is 0.0549. The molecule has 0 bridgehead atoms. The summed E-state index contributed by atoms with van der Waals surface area (Å²) in [5.74, 6) is -1.97. The molecule has 40 heavy (non-hydrogen) atoms. The largest absolute Gasteiger partial charge is 0.493 e. The Kier molecular flexibility index (Phi) is 8.68. The lowest BCUT2D eigenvalue weighted by molar-refractivity contribution is -0.122. The van der Waals surface area contributed by atoms with E-state index in [1.807, 2.05) is 6.92 Å². The number of anilines is 2. The summed E-state index contributed by atoms with van der Waals surface area (Å²) in [6.45, 7) is 3.23. The van der Waals surface area contributed by atoms with E-state index in [4.69, 9.17) is 44.3 Å². The van der Waals surface area contributed by atoms with E-state index in [2.05, 4.69) is 10.6 Å². The maximum absolute atomic E-state index is 13.2. The molecule has 3 aromatic rings. The van der Waals surface area contributed by atoms with Crippen molar-refractivity contribution in [1.29, 1.82) is 0 Å². The minimum Gasteiger partial charge on any atom is -0.493 e. The highest BCUT2D eigenvalue weighted by Gasteiger charge is 2.37. The third-order valence-electron chi connectivity index (χ3n) is 5.88. The molecule has 9 nitrogen and oxygen atoms in total. The first-order valence-electron chi connectivity index (χ1n) is 11.7. The SMILES string of the molecule is COc1cc(/C=C2\C(=O)NC(=O)N(c3ccc(C)c(Cl)c3)C2=O)cc(Cl)c1OCC(=O)Nc1ccc(C)c(Cl)c1. The Morgan fingerprint density at radius 1 is 0.950 bits per heavy atom. The summed E-state index contributed by atoms with van der Waals surface area (Å²) in [5.41, 5.74) is 2.31. The Labute approximate surface area is 244 Å². The predicted octanol–water partition coefficient (Wildman–Crippen LogP) is 5.96. The van der Waals surface area contributed by atoms with Crippen LogP contribution in [-0.2, 0) is 14.4 Å². The summed E-state index contributed by atoms with van der Waals surface area (Å²) in [7, 11) is 1.36. The highest BCUT2D eigenvalue weighted by Crippen LogP contribution is 2.37. The Morgan fingerprint density at radius 2 is 1.62 bits per heavy atom. The number of amides is 5. The second kappa shape index (κ2) is 12.0. The predicted molar refractivity (Wildman–Crippen MR) is 154 cm³/mol. The second-order valence-electron chi connectivity index (χ2n) is 8.73. The zero-order valence-corrected chi connectivity index (χ0v) is 23.7. The van der Waals surface area contributed by atoms with Crippen LogP contribution in [0.1, 0.15) is 16.7 Å². The fourth-order valence-electron chi connectivity index (χ4n) is 3.75. The molecule has 4 rings (SSSR count). The molecule has 0 atom stereocenters. The maximum Gasteiger partial charge on any atom is 0.335 e. The molecular weight excluding hydrogens is 581 g/mol. The average molecular weight is 603 g/mol. The summed E-state index contributed by atoms with van der Waals surface area (Å²) in [6.07, 6.45) is 1.26. The number of hydrogen-bond donors (Lipinski definition) is 2. The Morgan fingerprint density at radius 3 is 2.27 bits per heavy atom. The lowest BCUT2D eigenvalue weighted by Crippen LogP contribution is -2.54. The number of halogens is 3. The van der Waals surface area contributed by atoms with Gasteiger partial charge in [-0.25, -0.2) is 9.69 Å². The van der Waals surface area contributed by atoms with E-state index in [0.717, 1.165) is 16.0 Å². The lowest BCUT2D eigenvalue weighted by Gasteiger charge is -2.26. The fraction of sp³-hybridized carbons (Fsp3) is 0.143. The number of aryl methyl sites for hydroxylation is 2. The summed E-state index contributed by atoms with van der Waals surface area (Å²) in [5, 5.41) is 5.74. The normalized spacial score (nSPS) is 14.3. The van der Waals surface area contributed by atoms with E-state index in [1.54, 1.807) is 37.3 Å². The van der Waals surface area contributed by atoms with Crippen LogP contribution in [0.4, 0.5) is 16.2 Å². The van der Waals surface area contributed by atoms with Gasteiger partial charge in [0, 0.05) is 15.7 Å². The van der Waals surface area contributed by atoms with E-state index < -0.39 is 23.8 Å². The van der Waals surface area contributed by atoms with E-state index >= 15 is 0 Å². The topological polar surface area (TPSA) is 114 Å². The highest BCUT2D eigenvalue weighted by atomic mass is 35.5. The van der Waals surface area contributed by atoms with Crippen molar-refractivity contribution in [3.63, 3.8) is 0 Å². The molecule has 1 aliphatic rings. The number of carbonyl (C=O) groups excluding carboxylic acids is 4. The molecule has 0 aromatic heterocycles. The van der Waals surface area contributed by atoms with Crippen LogP contribution < -0.4 is 25.0 Å². The van der Waals surface area contributed by atoms with Gasteiger partial charge in [-0.1, -0.05) is 46.9 Å². The number of nitrogens with one attached hydrogen (secondary N) is 2. The van der Waals surface area contributed by atoms with Crippen LogP contribution in [0.15, 0.2) is 54.1 Å². The number of rotatable bonds is 7. The van der Waals surface area contributed by atoms with Crippen molar-refractivity contribution in [3.8, 4) is 11.5 Å². The van der Waals surface area contributed by atoms with Crippen LogP contribution in [0.3, 0.4) is 0 Å². The highest BCUT2D eigenvalue weighted by molar-refractivity contribution is 6.40. The van der Waals surface area contributed by atoms with Gasteiger partial charge in [0.25, 0.3) is 17.7 Å². The Hall–Kier alpha value is -4.05. The van der Waals surface area contributed by atoms with Gasteiger partial charge in [-0.15, -0.1) is 0 Å². The van der Waals surface area contributed by atoms with Crippen molar-refractivity contribution in [2.45, 2.75) is 13.8 Å². The summed E-state index contributed by atoms with van der Waals surface area (Å²) in [4.78, 5) is 51.5. The lowest BCUT2D eigenvalue weighted by atomic mass is 10.1. The zero-order chi connectivity index (χ0) is 29.1. The summed E-state index contributed by atoms with van der Waals surface area (Å²) >= 11 is 18.7. The van der Waals surface area contributed by atoms with Crippen molar-refractivity contribution in [2.24, 2.45) is 0 Å². The number of benzene rings is 3. The average Bonchev–Trinajstić information content (AvgIpc) is 2.89. The zero-order valence-electron chi connectivity index (χ0n) is 21.4. The molecule has 1 heterocycles. The van der Waals surface area contributed by atoms with Crippen LogP contribution in [0.25, 0.3) is 6.08 Å². The van der Waals surface area contributed by atoms with Crippen LogP contribution in [-0.4, -0.2) is 37.5 Å². The molecule has 0 aliphatic carbocycles. The number of barbiturate groups is 1. The van der Waals surface area contributed by atoms with Crippen molar-refractivity contribution >= 4 is 76.0 Å². The number of imide groups is 2. The molecule has 0 radical (unpaired) electrons. The summed E-state index contributed by atoms with van der Waals surface area (Å²) < 4.78 is 11.0. The van der Waals surface area contributed by atoms with E-state index in [9.17, 15) is 19.2 Å². The first-order valence-corrected chi connectivity index (χ1v) is 12.9. The molecule has 0 saturated carbocycles. The molecule has 1 saturated heterocycles. The molecular formula is C28H22Cl3N3O6. The van der Waals surface area contributed by atoms with Gasteiger partial charge in [0.2, 0.25) is 0 Å². The van der Waals surface area contributed by atoms with Crippen LogP contribution >= 0.6 is 34.8 Å². The third-order valence-corrected chi connectivity index (χ3v) is 6.98. The van der Waals surface area contributed by atoms with Gasteiger partial charge >= 0.3 is 6.03 Å². The maximum atomic E-state index is 13.2. The minimum atomic E-state index is -0.905. The molecule has 0 spiro atoms. The molecule has 0 unspecified atom stereocenters. The first kappa shape index (κ1) is 28.9. The van der Waals surface area contributed by atoms with Gasteiger partial charge in [0.1, 0.15) is 5.57 Å². The van der Waals surface area contributed by atoms with Gasteiger partial charge in [0.15, 0.2) is 18.1 Å². The van der Waals surface area contributed by atoms with Gasteiger partial charge < -0.3 is 14.8 Å². The standard InChI is InChI=1S/C28H22Cl3N3O6/c1-14-4-6-17(11-20(14)29)32-24(35)13-40-25-22(31)9-16(10-23(25)39-3)8-19-26(36)33-28(38)34(27(19)37)18-7-5-15(2)21(30)12-18/h4-12H,13H2,1-3H3,(H,32,35)(H,33,36,38)/b19-8+. The van der Waals surface area contributed by atoms with Crippen LogP contribution in [0.2, 0.25) is 15.1 Å². The van der Waals surface area contributed by atoms with Gasteiger partial charge in [-0.05, 0) is 73.0 Å². The molecule has 1 fully saturated rings. The quantitative estimate of drug-likeness (QED) is 0.255. The molecule has 3 aromatic carbocycles. The van der Waals surface area contributed by atoms with Gasteiger partial charge in [0.05, 0.1) is 17.8 Å². The Balaban J connectivity index is 1.56. The first-order chi connectivity index (χ1) is 19.0. The molecule has 12 heteroatoms. The number of ether oxygens (including phenoxy) is 2. The van der Waals surface area contributed by atoms with E-state index in [1.165, 1.54) is 31.4 Å².